The van der Waals surface area contributed by atoms with E-state index in [0.29, 0.717) is 18.0 Å². The Morgan fingerprint density at radius 2 is 1.65 bits per heavy atom. The molecule has 31 heavy (non-hydrogen) atoms. The third kappa shape index (κ3) is 5.63. The molecule has 1 aromatic heterocycles. The fourth-order valence-corrected chi connectivity index (χ4v) is 2.92. The zero-order chi connectivity index (χ0) is 21.5. The number of aromatic nitrogens is 1. The van der Waals surface area contributed by atoms with Crippen molar-refractivity contribution in [2.24, 2.45) is 5.73 Å². The lowest BCUT2D eigenvalue weighted by molar-refractivity contribution is 0.137. The standard InChI is InChI=1S/C24H21N3O4/c25-24(28)29-16-22-14-23(27-31-22)18-8-10-19(11-9-18)26-15-17-6-12-21(13-7-17)30-20-4-2-1-3-5-20/h1-14,26H,15-16H2,(H2,25,28). The van der Waals surface area contributed by atoms with E-state index in [-0.39, 0.29) is 6.61 Å². The Bertz CT molecular complexity index is 1120. The predicted molar refractivity (Wildman–Crippen MR) is 117 cm³/mol. The van der Waals surface area contributed by atoms with Gasteiger partial charge in [-0.1, -0.05) is 47.6 Å². The number of para-hydroxylation sites is 1. The summed E-state index contributed by atoms with van der Waals surface area (Å²) in [5.74, 6) is 2.04. The third-order valence-electron chi connectivity index (χ3n) is 4.50. The highest BCUT2D eigenvalue weighted by Gasteiger charge is 2.08. The molecular formula is C24H21N3O4. The number of ether oxygens (including phenoxy) is 2. The lowest BCUT2D eigenvalue weighted by Crippen LogP contribution is -2.12. The van der Waals surface area contributed by atoms with Gasteiger partial charge in [0.1, 0.15) is 17.2 Å². The number of benzene rings is 3. The van der Waals surface area contributed by atoms with Crippen LogP contribution in [0.1, 0.15) is 11.3 Å². The van der Waals surface area contributed by atoms with Crippen LogP contribution in [0.4, 0.5) is 10.5 Å². The van der Waals surface area contributed by atoms with Crippen LogP contribution in [-0.2, 0) is 17.9 Å². The highest BCUT2D eigenvalue weighted by molar-refractivity contribution is 5.65. The summed E-state index contributed by atoms with van der Waals surface area (Å²) in [6.07, 6.45) is -0.855. The van der Waals surface area contributed by atoms with Crippen LogP contribution in [-0.4, -0.2) is 11.2 Å². The molecule has 0 unspecified atom stereocenters. The van der Waals surface area contributed by atoms with Crippen molar-refractivity contribution < 1.29 is 18.8 Å². The highest BCUT2D eigenvalue weighted by Crippen LogP contribution is 2.23. The molecule has 4 aromatic rings. The second-order valence-electron chi connectivity index (χ2n) is 6.78. The van der Waals surface area contributed by atoms with E-state index in [1.165, 1.54) is 0 Å². The second-order valence-corrected chi connectivity index (χ2v) is 6.78. The summed E-state index contributed by atoms with van der Waals surface area (Å²) in [6.45, 7) is 0.640. The summed E-state index contributed by atoms with van der Waals surface area (Å²) in [5.41, 5.74) is 8.61. The van der Waals surface area contributed by atoms with Crippen molar-refractivity contribution in [1.29, 1.82) is 0 Å². The topological polar surface area (TPSA) is 99.6 Å². The molecule has 1 heterocycles. The number of hydrogen-bond acceptors (Lipinski definition) is 6. The van der Waals surface area contributed by atoms with Gasteiger partial charge in [0, 0.05) is 23.9 Å². The molecule has 0 spiro atoms. The van der Waals surface area contributed by atoms with Gasteiger partial charge in [-0.2, -0.15) is 0 Å². The summed E-state index contributed by atoms with van der Waals surface area (Å²) in [5, 5.41) is 7.38. The van der Waals surface area contributed by atoms with Crippen LogP contribution in [0.3, 0.4) is 0 Å². The van der Waals surface area contributed by atoms with Gasteiger partial charge in [-0.05, 0) is 42.0 Å². The summed E-state index contributed by atoms with van der Waals surface area (Å²) in [6, 6.07) is 27.2. The van der Waals surface area contributed by atoms with Gasteiger partial charge in [-0.25, -0.2) is 4.79 Å². The van der Waals surface area contributed by atoms with E-state index in [4.69, 9.17) is 19.7 Å². The third-order valence-corrected chi connectivity index (χ3v) is 4.50. The Balaban J connectivity index is 1.31. The molecule has 0 atom stereocenters. The Kier molecular flexibility index (Phi) is 6.13. The van der Waals surface area contributed by atoms with E-state index in [0.717, 1.165) is 28.3 Å². The number of carbonyl (C=O) groups excluding carboxylic acids is 1. The van der Waals surface area contributed by atoms with E-state index in [9.17, 15) is 4.79 Å². The zero-order valence-electron chi connectivity index (χ0n) is 16.7. The molecule has 0 aliphatic carbocycles. The van der Waals surface area contributed by atoms with Gasteiger partial charge in [-0.15, -0.1) is 0 Å². The van der Waals surface area contributed by atoms with Gasteiger partial charge in [-0.3, -0.25) is 0 Å². The molecule has 0 saturated carbocycles. The minimum absolute atomic E-state index is 0.0445. The SMILES string of the molecule is NC(=O)OCc1cc(-c2ccc(NCc3ccc(Oc4ccccc4)cc3)cc2)no1. The Morgan fingerprint density at radius 1 is 0.935 bits per heavy atom. The molecule has 7 nitrogen and oxygen atoms in total. The molecule has 0 bridgehead atoms. The monoisotopic (exact) mass is 415 g/mol. The lowest BCUT2D eigenvalue weighted by atomic mass is 10.1. The van der Waals surface area contributed by atoms with Gasteiger partial charge < -0.3 is 25.0 Å². The average Bonchev–Trinajstić information content (AvgIpc) is 3.27. The first-order chi connectivity index (χ1) is 15.2. The first-order valence-corrected chi connectivity index (χ1v) is 9.70. The lowest BCUT2D eigenvalue weighted by Gasteiger charge is -2.09. The van der Waals surface area contributed by atoms with Crippen LogP contribution in [0, 0.1) is 0 Å². The molecule has 0 aliphatic heterocycles. The van der Waals surface area contributed by atoms with E-state index in [1.54, 1.807) is 6.07 Å². The number of nitrogens with one attached hydrogen (secondary N) is 1. The van der Waals surface area contributed by atoms with Crippen LogP contribution >= 0.6 is 0 Å². The first kappa shape index (κ1) is 20.0. The molecule has 3 N–H and O–H groups in total. The fourth-order valence-electron chi connectivity index (χ4n) is 2.92. The number of hydrogen-bond donors (Lipinski definition) is 2. The van der Waals surface area contributed by atoms with Gasteiger partial charge in [0.15, 0.2) is 12.4 Å². The Morgan fingerprint density at radius 3 is 2.35 bits per heavy atom. The van der Waals surface area contributed by atoms with Crippen molar-refractivity contribution in [3.05, 3.63) is 96.3 Å². The molecule has 156 valence electrons. The van der Waals surface area contributed by atoms with Crippen molar-refractivity contribution >= 4 is 11.8 Å². The van der Waals surface area contributed by atoms with E-state index < -0.39 is 6.09 Å². The summed E-state index contributed by atoms with van der Waals surface area (Å²) >= 11 is 0. The van der Waals surface area contributed by atoms with Crippen molar-refractivity contribution in [3.63, 3.8) is 0 Å². The number of primary amides is 1. The molecule has 1 amide bonds. The van der Waals surface area contributed by atoms with Crippen molar-refractivity contribution in [3.8, 4) is 22.8 Å². The quantitative estimate of drug-likeness (QED) is 0.403. The van der Waals surface area contributed by atoms with E-state index >= 15 is 0 Å². The molecule has 0 fully saturated rings. The van der Waals surface area contributed by atoms with Crippen LogP contribution in [0.15, 0.2) is 89.5 Å². The van der Waals surface area contributed by atoms with Gasteiger partial charge >= 0.3 is 6.09 Å². The molecule has 0 aliphatic rings. The number of rotatable bonds is 8. The highest BCUT2D eigenvalue weighted by atomic mass is 16.6. The minimum atomic E-state index is -0.855. The number of nitrogens with two attached hydrogens (primary N) is 1. The predicted octanol–water partition coefficient (Wildman–Crippen LogP) is 5.34. The molecule has 4 rings (SSSR count). The molecule has 0 saturated heterocycles. The summed E-state index contributed by atoms with van der Waals surface area (Å²) < 4.78 is 15.7. The molecule has 3 aromatic carbocycles. The van der Waals surface area contributed by atoms with Gasteiger partial charge in [0.05, 0.1) is 0 Å². The zero-order valence-corrected chi connectivity index (χ0v) is 16.7. The van der Waals surface area contributed by atoms with E-state index in [1.807, 2.05) is 78.9 Å². The van der Waals surface area contributed by atoms with Crippen LogP contribution in [0.2, 0.25) is 0 Å². The summed E-state index contributed by atoms with van der Waals surface area (Å²) in [4.78, 5) is 10.7. The molecule has 0 radical (unpaired) electrons. The van der Waals surface area contributed by atoms with Crippen molar-refractivity contribution in [2.75, 3.05) is 5.32 Å². The fraction of sp³-hybridized carbons (Fsp3) is 0.0833. The Hall–Kier alpha value is -4.26. The second kappa shape index (κ2) is 9.49. The number of nitrogens with zero attached hydrogens (tertiary/aromatic N) is 1. The Labute approximate surface area is 179 Å². The first-order valence-electron chi connectivity index (χ1n) is 9.70. The van der Waals surface area contributed by atoms with E-state index in [2.05, 4.69) is 10.5 Å². The minimum Gasteiger partial charge on any atom is -0.457 e. The van der Waals surface area contributed by atoms with Crippen LogP contribution < -0.4 is 15.8 Å². The maximum absolute atomic E-state index is 10.7. The maximum Gasteiger partial charge on any atom is 0.404 e. The smallest absolute Gasteiger partial charge is 0.404 e. The summed E-state index contributed by atoms with van der Waals surface area (Å²) in [7, 11) is 0. The number of amides is 1. The van der Waals surface area contributed by atoms with Gasteiger partial charge in [0.25, 0.3) is 0 Å². The molecular weight excluding hydrogens is 394 g/mol. The average molecular weight is 415 g/mol. The maximum atomic E-state index is 10.7. The largest absolute Gasteiger partial charge is 0.457 e. The van der Waals surface area contributed by atoms with Crippen molar-refractivity contribution in [1.82, 2.24) is 5.16 Å². The van der Waals surface area contributed by atoms with Crippen LogP contribution in [0.5, 0.6) is 11.5 Å². The van der Waals surface area contributed by atoms with Crippen LogP contribution in [0.25, 0.3) is 11.3 Å². The molecule has 7 heteroatoms. The van der Waals surface area contributed by atoms with Crippen molar-refractivity contribution in [2.45, 2.75) is 13.2 Å². The number of anilines is 1. The van der Waals surface area contributed by atoms with Gasteiger partial charge in [0.2, 0.25) is 0 Å². The number of carbonyl (C=O) groups is 1. The normalized spacial score (nSPS) is 10.5.